The number of carbonyl (C=O) groups excluding carboxylic acids is 1. The molecule has 1 aliphatic heterocycles. The van der Waals surface area contributed by atoms with E-state index >= 15 is 0 Å². The predicted octanol–water partition coefficient (Wildman–Crippen LogP) is 2.11. The maximum absolute atomic E-state index is 12.1. The molecule has 8 heteroatoms. The van der Waals surface area contributed by atoms with Gasteiger partial charge in [0.1, 0.15) is 18.1 Å². The molecule has 152 valence electrons. The van der Waals surface area contributed by atoms with Crippen LogP contribution in [0.4, 0.5) is 0 Å². The van der Waals surface area contributed by atoms with Crippen LogP contribution in [0.5, 0.6) is 11.5 Å². The molecule has 0 saturated carbocycles. The summed E-state index contributed by atoms with van der Waals surface area (Å²) in [5, 5.41) is 6.62. The number of hydrogen-bond donors (Lipinski definition) is 2. The third-order valence-electron chi connectivity index (χ3n) is 4.28. The number of methoxy groups -OCH3 is 1. The molecule has 0 bridgehead atoms. The number of rotatable bonds is 7. The van der Waals surface area contributed by atoms with Crippen LogP contribution in [0.3, 0.4) is 0 Å². The summed E-state index contributed by atoms with van der Waals surface area (Å²) >= 11 is 0. The van der Waals surface area contributed by atoms with E-state index in [-0.39, 0.29) is 41.8 Å². The number of carbonyl (C=O) groups is 1. The Bertz CT molecular complexity index is 607. The van der Waals surface area contributed by atoms with Crippen LogP contribution in [0, 0.1) is 5.92 Å². The van der Waals surface area contributed by atoms with Gasteiger partial charge in [-0.25, -0.2) is 0 Å². The Labute approximate surface area is 178 Å². The van der Waals surface area contributed by atoms with Gasteiger partial charge in [-0.2, -0.15) is 0 Å². The van der Waals surface area contributed by atoms with Crippen molar-refractivity contribution in [2.75, 3.05) is 40.4 Å². The summed E-state index contributed by atoms with van der Waals surface area (Å²) < 4.78 is 10.8. The average molecular weight is 490 g/mol. The maximum Gasteiger partial charge on any atom is 0.225 e. The fourth-order valence-corrected chi connectivity index (χ4v) is 2.84. The Morgan fingerprint density at radius 1 is 1.30 bits per heavy atom. The number of ether oxygens (including phenoxy) is 2. The number of guanidine groups is 1. The Hall–Kier alpha value is -1.71. The highest BCUT2D eigenvalue weighted by Crippen LogP contribution is 2.16. The fraction of sp³-hybridized carbons (Fsp3) is 0.579. The zero-order valence-electron chi connectivity index (χ0n) is 16.5. The molecule has 0 spiro atoms. The quantitative estimate of drug-likeness (QED) is 0.265. The van der Waals surface area contributed by atoms with Gasteiger partial charge in [0.2, 0.25) is 5.91 Å². The van der Waals surface area contributed by atoms with Crippen molar-refractivity contribution in [3.8, 4) is 11.5 Å². The van der Waals surface area contributed by atoms with Crippen molar-refractivity contribution in [3.63, 3.8) is 0 Å². The second kappa shape index (κ2) is 11.9. The predicted molar refractivity (Wildman–Crippen MR) is 118 cm³/mol. The number of amides is 1. The molecule has 1 fully saturated rings. The summed E-state index contributed by atoms with van der Waals surface area (Å²) in [6, 6.07) is 7.72. The van der Waals surface area contributed by atoms with Crippen molar-refractivity contribution < 1.29 is 14.3 Å². The number of nitrogens with one attached hydrogen (secondary N) is 2. The highest BCUT2D eigenvalue weighted by Gasteiger charge is 2.27. The van der Waals surface area contributed by atoms with Crippen LogP contribution in [0.15, 0.2) is 29.3 Å². The summed E-state index contributed by atoms with van der Waals surface area (Å²) in [5.41, 5.74) is 0. The number of aliphatic imine (C=N–C) groups is 1. The van der Waals surface area contributed by atoms with E-state index < -0.39 is 0 Å². The normalized spacial score (nSPS) is 16.7. The van der Waals surface area contributed by atoms with Gasteiger partial charge in [-0.15, -0.1) is 24.0 Å². The largest absolute Gasteiger partial charge is 0.497 e. The van der Waals surface area contributed by atoms with Gasteiger partial charge in [-0.05, 0) is 30.7 Å². The number of benzene rings is 1. The smallest absolute Gasteiger partial charge is 0.225 e. The summed E-state index contributed by atoms with van der Waals surface area (Å²) in [5.74, 6) is 2.59. The van der Waals surface area contributed by atoms with E-state index in [0.29, 0.717) is 13.2 Å². The first-order chi connectivity index (χ1) is 12.5. The van der Waals surface area contributed by atoms with Crippen LogP contribution in [0.1, 0.15) is 20.3 Å². The first-order valence-electron chi connectivity index (χ1n) is 9.06. The molecule has 1 heterocycles. The number of hydrogen-bond acceptors (Lipinski definition) is 4. The summed E-state index contributed by atoms with van der Waals surface area (Å²) in [7, 11) is 3.38. The topological polar surface area (TPSA) is 75.2 Å². The molecule has 1 saturated heterocycles. The van der Waals surface area contributed by atoms with Crippen molar-refractivity contribution in [2.24, 2.45) is 10.9 Å². The van der Waals surface area contributed by atoms with Crippen LogP contribution >= 0.6 is 24.0 Å². The van der Waals surface area contributed by atoms with Gasteiger partial charge in [-0.1, -0.05) is 13.8 Å². The van der Waals surface area contributed by atoms with Crippen LogP contribution in [-0.4, -0.2) is 63.2 Å². The number of nitrogens with zero attached hydrogens (tertiary/aromatic N) is 2. The maximum atomic E-state index is 12.1. The van der Waals surface area contributed by atoms with Gasteiger partial charge in [0.15, 0.2) is 5.96 Å². The van der Waals surface area contributed by atoms with Crippen molar-refractivity contribution in [2.45, 2.75) is 26.3 Å². The Morgan fingerprint density at radius 3 is 2.56 bits per heavy atom. The molecule has 0 radical (unpaired) electrons. The Morgan fingerprint density at radius 2 is 1.96 bits per heavy atom. The van der Waals surface area contributed by atoms with Gasteiger partial charge in [0.25, 0.3) is 0 Å². The first kappa shape index (κ1) is 23.3. The molecule has 1 aromatic rings. The van der Waals surface area contributed by atoms with Crippen LogP contribution in [0.2, 0.25) is 0 Å². The highest BCUT2D eigenvalue weighted by atomic mass is 127. The molecule has 7 nitrogen and oxygen atoms in total. The van der Waals surface area contributed by atoms with E-state index in [2.05, 4.69) is 15.6 Å². The lowest BCUT2D eigenvalue weighted by atomic mass is 10.2. The van der Waals surface area contributed by atoms with Crippen LogP contribution < -0.4 is 20.1 Å². The van der Waals surface area contributed by atoms with E-state index in [1.807, 2.05) is 43.0 Å². The van der Waals surface area contributed by atoms with Gasteiger partial charge >= 0.3 is 0 Å². The van der Waals surface area contributed by atoms with Crippen molar-refractivity contribution in [1.29, 1.82) is 0 Å². The second-order valence-corrected chi connectivity index (χ2v) is 6.59. The van der Waals surface area contributed by atoms with E-state index in [4.69, 9.17) is 9.47 Å². The van der Waals surface area contributed by atoms with Gasteiger partial charge < -0.3 is 25.0 Å². The molecule has 2 rings (SSSR count). The molecular weight excluding hydrogens is 459 g/mol. The first-order valence-corrected chi connectivity index (χ1v) is 9.06. The average Bonchev–Trinajstić information content (AvgIpc) is 3.12. The molecule has 1 aliphatic rings. The number of halogens is 1. The molecule has 1 aromatic carbocycles. The molecule has 1 atom stereocenters. The lowest BCUT2D eigenvalue weighted by Gasteiger charge is -2.20. The van der Waals surface area contributed by atoms with Gasteiger partial charge in [0, 0.05) is 32.1 Å². The van der Waals surface area contributed by atoms with Gasteiger partial charge in [-0.3, -0.25) is 9.79 Å². The second-order valence-electron chi connectivity index (χ2n) is 6.59. The zero-order valence-corrected chi connectivity index (χ0v) is 18.9. The minimum atomic E-state index is 0. The van der Waals surface area contributed by atoms with E-state index in [9.17, 15) is 4.79 Å². The Kier molecular flexibility index (Phi) is 10.3. The van der Waals surface area contributed by atoms with E-state index in [1.165, 1.54) is 0 Å². The molecule has 0 aromatic heterocycles. The standard InChI is InChI=1S/C19H30N4O3.HI/c1-14(2)18(24)23-11-9-15(13-23)22-19(20-3)21-10-12-26-17-7-5-16(25-4)6-8-17;/h5-8,14-15H,9-13H2,1-4H3,(H2,20,21,22);1H. The van der Waals surface area contributed by atoms with E-state index in [0.717, 1.165) is 37.0 Å². The molecule has 1 unspecified atom stereocenters. The van der Waals surface area contributed by atoms with E-state index in [1.54, 1.807) is 14.2 Å². The summed E-state index contributed by atoms with van der Waals surface area (Å²) in [6.45, 7) is 6.55. The minimum Gasteiger partial charge on any atom is -0.497 e. The summed E-state index contributed by atoms with van der Waals surface area (Å²) in [6.07, 6.45) is 0.932. The third kappa shape index (κ3) is 7.43. The lowest BCUT2D eigenvalue weighted by Crippen LogP contribution is -2.46. The number of likely N-dealkylation sites (tertiary alicyclic amines) is 1. The molecule has 2 N–H and O–H groups in total. The summed E-state index contributed by atoms with van der Waals surface area (Å²) in [4.78, 5) is 18.2. The van der Waals surface area contributed by atoms with Crippen molar-refractivity contribution in [1.82, 2.24) is 15.5 Å². The van der Waals surface area contributed by atoms with Crippen LogP contribution in [0.25, 0.3) is 0 Å². The third-order valence-corrected chi connectivity index (χ3v) is 4.28. The SMILES string of the molecule is CN=C(NCCOc1ccc(OC)cc1)NC1CCN(C(=O)C(C)C)C1.I. The Balaban J connectivity index is 0.00000364. The molecule has 0 aliphatic carbocycles. The fourth-order valence-electron chi connectivity index (χ4n) is 2.84. The lowest BCUT2D eigenvalue weighted by molar-refractivity contribution is -0.133. The molecule has 1 amide bonds. The highest BCUT2D eigenvalue weighted by molar-refractivity contribution is 14.0. The minimum absolute atomic E-state index is 0. The van der Waals surface area contributed by atoms with Crippen LogP contribution in [-0.2, 0) is 4.79 Å². The van der Waals surface area contributed by atoms with Crippen molar-refractivity contribution >= 4 is 35.8 Å². The molecule has 27 heavy (non-hydrogen) atoms. The molecular formula is C19H31IN4O3. The monoisotopic (exact) mass is 490 g/mol. The van der Waals surface area contributed by atoms with Crippen molar-refractivity contribution in [3.05, 3.63) is 24.3 Å². The van der Waals surface area contributed by atoms with Gasteiger partial charge in [0.05, 0.1) is 13.7 Å². The zero-order chi connectivity index (χ0) is 18.9.